The van der Waals surface area contributed by atoms with Gasteiger partial charge in [-0.1, -0.05) is 0 Å². The van der Waals surface area contributed by atoms with Gasteiger partial charge in [0, 0.05) is 6.07 Å². The number of aliphatic hydroxyl groups excluding tert-OH is 1. The van der Waals surface area contributed by atoms with E-state index in [1.807, 2.05) is 0 Å². The van der Waals surface area contributed by atoms with Crippen LogP contribution in [0.5, 0.6) is 0 Å². The molecular weight excluding hydrogens is 433 g/mol. The van der Waals surface area contributed by atoms with Crippen LogP contribution in [0, 0.1) is 12.7 Å². The predicted molar refractivity (Wildman–Crippen MR) is 82.0 cm³/mol. The molecule has 2 aromatic rings. The maximum absolute atomic E-state index is 13.5. The van der Waals surface area contributed by atoms with E-state index >= 15 is 0 Å². The van der Waals surface area contributed by atoms with Gasteiger partial charge in [-0.15, -0.1) is 0 Å². The number of benzene rings is 1. The summed E-state index contributed by atoms with van der Waals surface area (Å²) in [7, 11) is -3.97. The van der Waals surface area contributed by atoms with Crippen molar-refractivity contribution in [1.29, 1.82) is 0 Å². The normalized spacial score (nSPS) is 11.7. The van der Waals surface area contributed by atoms with Crippen LogP contribution in [0.3, 0.4) is 0 Å². The number of anilines is 1. The van der Waals surface area contributed by atoms with Crippen molar-refractivity contribution in [2.75, 3.05) is 4.72 Å². The molecule has 114 valence electrons. The second kappa shape index (κ2) is 6.07. The van der Waals surface area contributed by atoms with Gasteiger partial charge in [0.05, 0.1) is 10.2 Å². The Hall–Kier alpha value is -0.900. The molecule has 0 aliphatic rings. The average molecular weight is 443 g/mol. The van der Waals surface area contributed by atoms with E-state index in [0.29, 0.717) is 5.56 Å². The van der Waals surface area contributed by atoms with Gasteiger partial charge in [0.1, 0.15) is 23.1 Å². The number of rotatable bonds is 4. The smallest absolute Gasteiger partial charge is 0.266 e. The van der Waals surface area contributed by atoms with E-state index in [4.69, 9.17) is 9.52 Å². The van der Waals surface area contributed by atoms with Crippen molar-refractivity contribution in [3.8, 4) is 0 Å². The number of aryl methyl sites for hydroxylation is 1. The lowest BCUT2D eigenvalue weighted by Gasteiger charge is -2.10. The Morgan fingerprint density at radius 3 is 2.57 bits per heavy atom. The van der Waals surface area contributed by atoms with Gasteiger partial charge in [0.25, 0.3) is 10.0 Å². The minimum atomic E-state index is -3.97. The summed E-state index contributed by atoms with van der Waals surface area (Å²) in [4.78, 5) is -0.172. The molecule has 2 rings (SSSR count). The molecule has 0 atom stereocenters. The summed E-state index contributed by atoms with van der Waals surface area (Å²) in [6.45, 7) is 1.21. The largest absolute Gasteiger partial charge is 0.450 e. The third-order valence-corrected chi connectivity index (χ3v) is 5.49. The SMILES string of the molecule is Cc1cc(Br)c(F)cc1NS(=O)(=O)c1cc(CO)oc1Br. The first-order valence-corrected chi connectivity index (χ1v) is 8.69. The second-order valence-electron chi connectivity index (χ2n) is 4.20. The molecule has 0 amide bonds. The highest BCUT2D eigenvalue weighted by Crippen LogP contribution is 2.30. The fraction of sp³-hybridized carbons (Fsp3) is 0.167. The van der Waals surface area contributed by atoms with E-state index in [-0.39, 0.29) is 25.5 Å². The molecule has 5 nitrogen and oxygen atoms in total. The standard InChI is InChI=1S/C12H10Br2FNO4S/c1-6-2-8(13)9(15)4-10(6)16-21(18,19)11-3-7(5-17)20-12(11)14/h2-4,16-17H,5H2,1H3. The summed E-state index contributed by atoms with van der Waals surface area (Å²) in [6, 6.07) is 3.74. The van der Waals surface area contributed by atoms with Crippen molar-refractivity contribution in [2.24, 2.45) is 0 Å². The van der Waals surface area contributed by atoms with Crippen LogP contribution in [0.1, 0.15) is 11.3 Å². The van der Waals surface area contributed by atoms with Gasteiger partial charge in [-0.3, -0.25) is 4.72 Å². The first kappa shape index (κ1) is 16.5. The summed E-state index contributed by atoms with van der Waals surface area (Å²) in [5.74, 6) is -0.485. The molecule has 0 spiro atoms. The zero-order valence-corrected chi connectivity index (χ0v) is 14.6. The zero-order chi connectivity index (χ0) is 15.8. The minimum Gasteiger partial charge on any atom is -0.450 e. The first-order chi connectivity index (χ1) is 9.74. The molecule has 1 aromatic heterocycles. The van der Waals surface area contributed by atoms with Crippen LogP contribution in [-0.4, -0.2) is 13.5 Å². The third-order valence-electron chi connectivity index (χ3n) is 2.66. The molecule has 2 N–H and O–H groups in total. The Morgan fingerprint density at radius 1 is 1.33 bits per heavy atom. The molecule has 1 heterocycles. The van der Waals surface area contributed by atoms with Crippen LogP contribution in [0.4, 0.5) is 10.1 Å². The minimum absolute atomic E-state index is 0.0331. The maximum atomic E-state index is 13.5. The van der Waals surface area contributed by atoms with Crippen LogP contribution >= 0.6 is 31.9 Å². The lowest BCUT2D eigenvalue weighted by atomic mass is 10.2. The predicted octanol–water partition coefficient (Wildman–Crippen LogP) is 3.55. The van der Waals surface area contributed by atoms with Gasteiger partial charge >= 0.3 is 0 Å². The summed E-state index contributed by atoms with van der Waals surface area (Å²) < 4.78 is 45.6. The lowest BCUT2D eigenvalue weighted by Crippen LogP contribution is -2.13. The first-order valence-electron chi connectivity index (χ1n) is 5.62. The highest BCUT2D eigenvalue weighted by atomic mass is 79.9. The number of hydrogen-bond acceptors (Lipinski definition) is 4. The molecule has 0 bridgehead atoms. The molecule has 0 saturated heterocycles. The fourth-order valence-corrected chi connectivity index (χ4v) is 4.19. The van der Waals surface area contributed by atoms with Crippen LogP contribution in [0.25, 0.3) is 0 Å². The van der Waals surface area contributed by atoms with E-state index in [0.717, 1.165) is 6.07 Å². The monoisotopic (exact) mass is 441 g/mol. The van der Waals surface area contributed by atoms with Crippen LogP contribution in [-0.2, 0) is 16.6 Å². The summed E-state index contributed by atoms with van der Waals surface area (Å²) in [5, 5.41) is 8.96. The molecular formula is C12H10Br2FNO4S. The zero-order valence-electron chi connectivity index (χ0n) is 10.7. The summed E-state index contributed by atoms with van der Waals surface area (Å²) in [5.41, 5.74) is 0.670. The van der Waals surface area contributed by atoms with Crippen molar-refractivity contribution in [3.63, 3.8) is 0 Å². The van der Waals surface area contributed by atoms with Crippen LogP contribution < -0.4 is 4.72 Å². The third kappa shape index (κ3) is 3.47. The highest BCUT2D eigenvalue weighted by Gasteiger charge is 2.23. The quantitative estimate of drug-likeness (QED) is 0.758. The van der Waals surface area contributed by atoms with Crippen molar-refractivity contribution in [3.05, 3.63) is 44.5 Å². The Bertz CT molecular complexity index is 789. The van der Waals surface area contributed by atoms with Crippen molar-refractivity contribution in [1.82, 2.24) is 0 Å². The van der Waals surface area contributed by atoms with Gasteiger partial charge in [0.15, 0.2) is 4.67 Å². The van der Waals surface area contributed by atoms with Gasteiger partial charge in [0.2, 0.25) is 0 Å². The Balaban J connectivity index is 2.42. The average Bonchev–Trinajstić information content (AvgIpc) is 2.78. The van der Waals surface area contributed by atoms with Crippen LogP contribution in [0.2, 0.25) is 0 Å². The Kier molecular flexibility index (Phi) is 4.76. The van der Waals surface area contributed by atoms with E-state index < -0.39 is 22.4 Å². The van der Waals surface area contributed by atoms with Gasteiger partial charge in [-0.2, -0.15) is 0 Å². The molecule has 0 radical (unpaired) electrons. The molecule has 0 fully saturated rings. The topological polar surface area (TPSA) is 79.5 Å². The van der Waals surface area contributed by atoms with Crippen molar-refractivity contribution >= 4 is 47.6 Å². The fourth-order valence-electron chi connectivity index (χ4n) is 1.61. The number of furan rings is 1. The maximum Gasteiger partial charge on any atom is 0.266 e. The molecule has 0 saturated carbocycles. The molecule has 0 aliphatic heterocycles. The van der Waals surface area contributed by atoms with Gasteiger partial charge in [-0.05, 0) is 56.5 Å². The highest BCUT2D eigenvalue weighted by molar-refractivity contribution is 9.10. The van der Waals surface area contributed by atoms with Gasteiger partial charge in [-0.25, -0.2) is 12.8 Å². The van der Waals surface area contributed by atoms with Crippen LogP contribution in [0.15, 0.2) is 36.7 Å². The van der Waals surface area contributed by atoms with Crippen molar-refractivity contribution < 1.29 is 22.3 Å². The van der Waals surface area contributed by atoms with E-state index in [1.165, 1.54) is 12.1 Å². The Labute approximate surface area is 137 Å². The number of halogens is 3. The number of hydrogen-bond donors (Lipinski definition) is 2. The number of nitrogens with one attached hydrogen (secondary N) is 1. The number of sulfonamides is 1. The number of aliphatic hydroxyl groups is 1. The molecule has 21 heavy (non-hydrogen) atoms. The molecule has 0 aliphatic carbocycles. The van der Waals surface area contributed by atoms with E-state index in [2.05, 4.69) is 36.6 Å². The van der Waals surface area contributed by atoms with Gasteiger partial charge < -0.3 is 9.52 Å². The second-order valence-corrected chi connectivity index (χ2v) is 7.42. The van der Waals surface area contributed by atoms with E-state index in [1.54, 1.807) is 6.92 Å². The lowest BCUT2D eigenvalue weighted by molar-refractivity contribution is 0.245. The van der Waals surface area contributed by atoms with E-state index in [9.17, 15) is 12.8 Å². The molecule has 9 heteroatoms. The molecule has 0 unspecified atom stereocenters. The summed E-state index contributed by atoms with van der Waals surface area (Å²) >= 11 is 6.00. The van der Waals surface area contributed by atoms with Crippen molar-refractivity contribution in [2.45, 2.75) is 18.4 Å². The Morgan fingerprint density at radius 2 is 2.00 bits per heavy atom. The molecule has 1 aromatic carbocycles. The summed E-state index contributed by atoms with van der Waals surface area (Å²) in [6.07, 6.45) is 0.